The summed E-state index contributed by atoms with van der Waals surface area (Å²) in [5.41, 5.74) is 1.34. The summed E-state index contributed by atoms with van der Waals surface area (Å²) in [5, 5.41) is 9.90. The number of piperidine rings is 2. The lowest BCUT2D eigenvalue weighted by molar-refractivity contribution is -0.141. The molecule has 3 fully saturated rings. The lowest BCUT2D eigenvalue weighted by Gasteiger charge is -2.47. The molecule has 4 rings (SSSR count). The maximum Gasteiger partial charge on any atom is 0.254 e. The van der Waals surface area contributed by atoms with E-state index in [9.17, 15) is 14.7 Å². The first-order chi connectivity index (χ1) is 13.5. The van der Waals surface area contributed by atoms with Gasteiger partial charge in [0.1, 0.15) is 5.75 Å². The van der Waals surface area contributed by atoms with Gasteiger partial charge in [-0.15, -0.1) is 0 Å². The SMILES string of the molecule is Cc1c(O)cccc1C(=O)N1CCC2(CCC(=O)N(C[C@@H]3CCCO3)C2)CC1. The van der Waals surface area contributed by atoms with E-state index < -0.39 is 0 Å². The molecule has 0 aliphatic carbocycles. The number of likely N-dealkylation sites (tertiary alicyclic amines) is 2. The normalized spacial score (nSPS) is 24.8. The number of phenolic OH excluding ortho intramolecular Hbond substituents is 1. The zero-order valence-electron chi connectivity index (χ0n) is 16.7. The third-order valence-electron chi connectivity index (χ3n) is 6.84. The highest BCUT2D eigenvalue weighted by Crippen LogP contribution is 2.41. The fraction of sp³-hybridized carbons (Fsp3) is 0.636. The average Bonchev–Trinajstić information content (AvgIpc) is 3.20. The van der Waals surface area contributed by atoms with Gasteiger partial charge in [0.2, 0.25) is 5.91 Å². The Labute approximate surface area is 166 Å². The van der Waals surface area contributed by atoms with Crippen molar-refractivity contribution in [1.82, 2.24) is 9.80 Å². The molecule has 0 unspecified atom stereocenters. The molecular formula is C22H30N2O4. The highest BCUT2D eigenvalue weighted by molar-refractivity contribution is 5.96. The van der Waals surface area contributed by atoms with Crippen LogP contribution in [0.1, 0.15) is 54.4 Å². The summed E-state index contributed by atoms with van der Waals surface area (Å²) in [4.78, 5) is 29.2. The highest BCUT2D eigenvalue weighted by atomic mass is 16.5. The van der Waals surface area contributed by atoms with Crippen molar-refractivity contribution in [1.29, 1.82) is 0 Å². The van der Waals surface area contributed by atoms with Gasteiger partial charge in [0.05, 0.1) is 6.10 Å². The molecule has 0 aromatic heterocycles. The first-order valence-electron chi connectivity index (χ1n) is 10.4. The van der Waals surface area contributed by atoms with E-state index in [1.165, 1.54) is 0 Å². The van der Waals surface area contributed by atoms with E-state index in [0.29, 0.717) is 37.2 Å². The molecule has 3 aliphatic rings. The fourth-order valence-electron chi connectivity index (χ4n) is 4.92. The minimum atomic E-state index is -0.00801. The average molecular weight is 386 g/mol. The Morgan fingerprint density at radius 3 is 2.79 bits per heavy atom. The molecule has 3 heterocycles. The molecule has 3 saturated heterocycles. The number of hydrogen-bond donors (Lipinski definition) is 1. The van der Waals surface area contributed by atoms with Gasteiger partial charge in [-0.2, -0.15) is 0 Å². The summed E-state index contributed by atoms with van der Waals surface area (Å²) in [6, 6.07) is 5.11. The van der Waals surface area contributed by atoms with Gasteiger partial charge in [0.15, 0.2) is 0 Å². The maximum absolute atomic E-state index is 12.9. The van der Waals surface area contributed by atoms with Crippen molar-refractivity contribution in [3.8, 4) is 5.75 Å². The van der Waals surface area contributed by atoms with Crippen LogP contribution in [0.4, 0.5) is 0 Å². The summed E-state index contributed by atoms with van der Waals surface area (Å²) in [7, 11) is 0. The number of amides is 2. The quantitative estimate of drug-likeness (QED) is 0.867. The number of carbonyl (C=O) groups excluding carboxylic acids is 2. The Kier molecular flexibility index (Phi) is 5.32. The molecule has 0 bridgehead atoms. The van der Waals surface area contributed by atoms with Crippen LogP contribution in [0.5, 0.6) is 5.75 Å². The van der Waals surface area contributed by atoms with Crippen molar-refractivity contribution in [3.05, 3.63) is 29.3 Å². The monoisotopic (exact) mass is 386 g/mol. The van der Waals surface area contributed by atoms with Crippen molar-refractivity contribution < 1.29 is 19.4 Å². The van der Waals surface area contributed by atoms with E-state index in [1.54, 1.807) is 25.1 Å². The first-order valence-corrected chi connectivity index (χ1v) is 10.4. The van der Waals surface area contributed by atoms with Gasteiger partial charge in [-0.05, 0) is 56.6 Å². The van der Waals surface area contributed by atoms with Crippen LogP contribution in [0.2, 0.25) is 0 Å². The number of carbonyl (C=O) groups is 2. The van der Waals surface area contributed by atoms with Crippen LogP contribution in [-0.2, 0) is 9.53 Å². The van der Waals surface area contributed by atoms with E-state index >= 15 is 0 Å². The van der Waals surface area contributed by atoms with E-state index in [2.05, 4.69) is 0 Å². The molecule has 0 radical (unpaired) electrons. The molecular weight excluding hydrogens is 356 g/mol. The summed E-state index contributed by atoms with van der Waals surface area (Å²) < 4.78 is 5.73. The Hall–Kier alpha value is -2.08. The third-order valence-corrected chi connectivity index (χ3v) is 6.84. The molecule has 1 N–H and O–H groups in total. The molecule has 3 aliphatic heterocycles. The summed E-state index contributed by atoms with van der Waals surface area (Å²) in [5.74, 6) is 0.399. The van der Waals surface area contributed by atoms with Gasteiger partial charge >= 0.3 is 0 Å². The lowest BCUT2D eigenvalue weighted by atomic mass is 9.72. The number of phenols is 1. The second kappa shape index (κ2) is 7.74. The van der Waals surface area contributed by atoms with Gasteiger partial charge in [0, 0.05) is 50.3 Å². The van der Waals surface area contributed by atoms with Crippen molar-refractivity contribution in [3.63, 3.8) is 0 Å². The highest BCUT2D eigenvalue weighted by Gasteiger charge is 2.42. The molecule has 6 heteroatoms. The van der Waals surface area contributed by atoms with Gasteiger partial charge in [0.25, 0.3) is 5.91 Å². The zero-order valence-corrected chi connectivity index (χ0v) is 16.7. The molecule has 2 amide bonds. The van der Waals surface area contributed by atoms with Crippen LogP contribution in [0, 0.1) is 12.3 Å². The number of ether oxygens (including phenoxy) is 1. The fourth-order valence-corrected chi connectivity index (χ4v) is 4.92. The summed E-state index contributed by atoms with van der Waals surface area (Å²) in [6.07, 6.45) is 5.69. The number of benzene rings is 1. The molecule has 28 heavy (non-hydrogen) atoms. The maximum atomic E-state index is 12.9. The molecule has 6 nitrogen and oxygen atoms in total. The van der Waals surface area contributed by atoms with E-state index in [4.69, 9.17) is 4.74 Å². The number of nitrogens with zero attached hydrogens (tertiary/aromatic N) is 2. The molecule has 152 valence electrons. The smallest absolute Gasteiger partial charge is 0.254 e. The number of hydrogen-bond acceptors (Lipinski definition) is 4. The largest absolute Gasteiger partial charge is 0.508 e. The van der Waals surface area contributed by atoms with Crippen molar-refractivity contribution in [2.75, 3.05) is 32.8 Å². The van der Waals surface area contributed by atoms with Crippen LogP contribution >= 0.6 is 0 Å². The van der Waals surface area contributed by atoms with Crippen LogP contribution in [0.25, 0.3) is 0 Å². The first kappa shape index (κ1) is 19.2. The molecule has 1 aromatic carbocycles. The van der Waals surface area contributed by atoms with Gasteiger partial charge in [-0.1, -0.05) is 6.07 Å². The Balaban J connectivity index is 1.39. The Morgan fingerprint density at radius 2 is 2.07 bits per heavy atom. The summed E-state index contributed by atoms with van der Waals surface area (Å²) in [6.45, 7) is 5.50. The third kappa shape index (κ3) is 3.75. The molecule has 1 aromatic rings. The van der Waals surface area contributed by atoms with Crippen LogP contribution in [0.3, 0.4) is 0 Å². The minimum absolute atomic E-state index is 0.00801. The van der Waals surface area contributed by atoms with Crippen molar-refractivity contribution in [2.24, 2.45) is 5.41 Å². The molecule has 1 spiro atoms. The van der Waals surface area contributed by atoms with Crippen molar-refractivity contribution in [2.45, 2.75) is 51.6 Å². The second-order valence-electron chi connectivity index (χ2n) is 8.65. The zero-order chi connectivity index (χ0) is 19.7. The van der Waals surface area contributed by atoms with E-state index in [1.807, 2.05) is 9.80 Å². The van der Waals surface area contributed by atoms with Crippen LogP contribution in [0.15, 0.2) is 18.2 Å². The standard InChI is InChI=1S/C22H30N2O4/c1-16-18(5-2-6-19(16)25)21(27)23-11-9-22(10-12-23)8-7-20(26)24(15-22)14-17-4-3-13-28-17/h2,5-6,17,25H,3-4,7-15H2,1H3/t17-/m0/s1. The van der Waals surface area contributed by atoms with E-state index in [-0.39, 0.29) is 29.1 Å². The van der Waals surface area contributed by atoms with Gasteiger partial charge in [-0.3, -0.25) is 9.59 Å². The topological polar surface area (TPSA) is 70.1 Å². The number of rotatable bonds is 3. The van der Waals surface area contributed by atoms with Crippen LogP contribution < -0.4 is 0 Å². The Morgan fingerprint density at radius 1 is 1.29 bits per heavy atom. The van der Waals surface area contributed by atoms with Gasteiger partial charge in [-0.25, -0.2) is 0 Å². The number of aromatic hydroxyl groups is 1. The van der Waals surface area contributed by atoms with Crippen molar-refractivity contribution >= 4 is 11.8 Å². The minimum Gasteiger partial charge on any atom is -0.508 e. The Bertz CT molecular complexity index is 749. The summed E-state index contributed by atoms with van der Waals surface area (Å²) >= 11 is 0. The molecule has 0 saturated carbocycles. The molecule has 1 atom stereocenters. The van der Waals surface area contributed by atoms with Crippen LogP contribution in [-0.4, -0.2) is 65.6 Å². The predicted octanol–water partition coefficient (Wildman–Crippen LogP) is 2.72. The van der Waals surface area contributed by atoms with Gasteiger partial charge < -0.3 is 19.6 Å². The predicted molar refractivity (Wildman–Crippen MR) is 105 cm³/mol. The second-order valence-corrected chi connectivity index (χ2v) is 8.65. The lowest BCUT2D eigenvalue weighted by Crippen LogP contribution is -2.53. The van der Waals surface area contributed by atoms with E-state index in [0.717, 1.165) is 45.3 Å².